The van der Waals surface area contributed by atoms with Crippen LogP contribution in [0.1, 0.15) is 30.6 Å². The summed E-state index contributed by atoms with van der Waals surface area (Å²) >= 11 is 1.86. The predicted molar refractivity (Wildman–Crippen MR) is 127 cm³/mol. The number of benzene rings is 1. The van der Waals surface area contributed by atoms with Gasteiger partial charge in [-0.05, 0) is 30.5 Å². The Bertz CT molecular complexity index is 798. The van der Waals surface area contributed by atoms with Crippen LogP contribution in [0.3, 0.4) is 0 Å². The van der Waals surface area contributed by atoms with Crippen LogP contribution in [-0.2, 0) is 9.53 Å². The van der Waals surface area contributed by atoms with Crippen LogP contribution in [0.5, 0.6) is 0 Å². The number of hydrogen-bond donors (Lipinski definition) is 1. The molecule has 176 valence electrons. The smallest absolute Gasteiger partial charge is 0.409 e. The van der Waals surface area contributed by atoms with E-state index < -0.39 is 0 Å². The van der Waals surface area contributed by atoms with E-state index in [-0.39, 0.29) is 24.5 Å². The summed E-state index contributed by atoms with van der Waals surface area (Å²) in [5.41, 5.74) is 1.22. The second kappa shape index (κ2) is 12.1. The van der Waals surface area contributed by atoms with Gasteiger partial charge in [0.25, 0.3) is 5.91 Å². The first-order valence-electron chi connectivity index (χ1n) is 11.3. The molecule has 0 spiro atoms. The number of carbonyl (C=O) groups is 3. The zero-order valence-corrected chi connectivity index (χ0v) is 19.9. The van der Waals surface area contributed by atoms with Crippen molar-refractivity contribution in [2.75, 3.05) is 69.2 Å². The molecule has 32 heavy (non-hydrogen) atoms. The largest absolute Gasteiger partial charge is 0.449 e. The molecule has 0 unspecified atom stereocenters. The van der Waals surface area contributed by atoms with E-state index in [4.69, 9.17) is 4.74 Å². The lowest BCUT2D eigenvalue weighted by molar-refractivity contribution is -0.117. The lowest BCUT2D eigenvalue weighted by Gasteiger charge is -2.26. The van der Waals surface area contributed by atoms with E-state index in [0.717, 1.165) is 37.6 Å². The second-order valence-electron chi connectivity index (χ2n) is 8.62. The summed E-state index contributed by atoms with van der Waals surface area (Å²) in [5, 5.41) is 2.91. The number of nitrogens with zero attached hydrogens (tertiary/aromatic N) is 3. The average Bonchev–Trinajstić information content (AvgIpc) is 3.03. The summed E-state index contributed by atoms with van der Waals surface area (Å²) < 4.78 is 5.33. The monoisotopic (exact) mass is 462 g/mol. The molecule has 0 atom stereocenters. The molecule has 0 radical (unpaired) electrons. The van der Waals surface area contributed by atoms with Gasteiger partial charge in [-0.15, -0.1) is 0 Å². The first-order valence-corrected chi connectivity index (χ1v) is 12.5. The highest BCUT2D eigenvalue weighted by molar-refractivity contribution is 7.99. The fourth-order valence-corrected chi connectivity index (χ4v) is 4.63. The standard InChI is InChI=1S/C23H34N4O4S/c1-18(2)17-31-23(30)27-8-4-7-25(9-10-27)16-21(28)24-20-6-3-5-19(15-20)22(29)26-11-13-32-14-12-26/h3,5-6,15,18H,4,7-14,16-17H2,1-2H3,(H,24,28). The minimum Gasteiger partial charge on any atom is -0.449 e. The fraction of sp³-hybridized carbons (Fsp3) is 0.609. The Balaban J connectivity index is 1.48. The molecule has 1 aromatic carbocycles. The Kier molecular flexibility index (Phi) is 9.23. The van der Waals surface area contributed by atoms with Crippen molar-refractivity contribution in [1.29, 1.82) is 0 Å². The maximum absolute atomic E-state index is 12.7. The molecule has 0 bridgehead atoms. The molecule has 0 saturated carbocycles. The maximum Gasteiger partial charge on any atom is 0.409 e. The van der Waals surface area contributed by atoms with Gasteiger partial charge in [0.05, 0.1) is 13.2 Å². The van der Waals surface area contributed by atoms with Crippen molar-refractivity contribution in [1.82, 2.24) is 14.7 Å². The molecule has 2 saturated heterocycles. The number of nitrogens with one attached hydrogen (secondary N) is 1. The number of hydrogen-bond acceptors (Lipinski definition) is 6. The van der Waals surface area contributed by atoms with Gasteiger partial charge in [-0.3, -0.25) is 14.5 Å². The van der Waals surface area contributed by atoms with Gasteiger partial charge < -0.3 is 19.9 Å². The summed E-state index contributed by atoms with van der Waals surface area (Å²) in [7, 11) is 0. The molecule has 0 aromatic heterocycles. The van der Waals surface area contributed by atoms with E-state index in [9.17, 15) is 14.4 Å². The Morgan fingerprint density at radius 3 is 2.56 bits per heavy atom. The van der Waals surface area contributed by atoms with Crippen molar-refractivity contribution >= 4 is 35.4 Å². The van der Waals surface area contributed by atoms with E-state index in [2.05, 4.69) is 5.32 Å². The van der Waals surface area contributed by atoms with Crippen LogP contribution in [0, 0.1) is 5.92 Å². The SMILES string of the molecule is CC(C)COC(=O)N1CCCN(CC(=O)Nc2cccc(C(=O)N3CCSCC3)c2)CC1. The molecule has 3 amide bonds. The van der Waals surface area contributed by atoms with Crippen LogP contribution in [0.4, 0.5) is 10.5 Å². The Labute approximate surface area is 194 Å². The summed E-state index contributed by atoms with van der Waals surface area (Å²) in [4.78, 5) is 43.2. The molecule has 3 rings (SSSR count). The van der Waals surface area contributed by atoms with Crippen LogP contribution < -0.4 is 5.32 Å². The molecule has 1 N–H and O–H groups in total. The molecule has 2 aliphatic rings. The highest BCUT2D eigenvalue weighted by Gasteiger charge is 2.22. The highest BCUT2D eigenvalue weighted by atomic mass is 32.2. The second-order valence-corrected chi connectivity index (χ2v) is 9.85. The van der Waals surface area contributed by atoms with Gasteiger partial charge in [-0.2, -0.15) is 11.8 Å². The third kappa shape index (κ3) is 7.41. The van der Waals surface area contributed by atoms with E-state index in [1.807, 2.05) is 35.4 Å². The summed E-state index contributed by atoms with van der Waals surface area (Å²) in [6, 6.07) is 7.14. The van der Waals surface area contributed by atoms with Crippen LogP contribution in [0.15, 0.2) is 24.3 Å². The zero-order valence-electron chi connectivity index (χ0n) is 19.0. The maximum atomic E-state index is 12.7. The van der Waals surface area contributed by atoms with Gasteiger partial charge in [0, 0.05) is 62.0 Å². The molecule has 2 fully saturated rings. The third-order valence-electron chi connectivity index (χ3n) is 5.45. The van der Waals surface area contributed by atoms with Crippen molar-refractivity contribution < 1.29 is 19.1 Å². The summed E-state index contributed by atoms with van der Waals surface area (Å²) in [6.07, 6.45) is 0.515. The predicted octanol–water partition coefficient (Wildman–Crippen LogP) is 2.61. The number of carbonyl (C=O) groups excluding carboxylic acids is 3. The highest BCUT2D eigenvalue weighted by Crippen LogP contribution is 2.16. The number of anilines is 1. The van der Waals surface area contributed by atoms with Crippen molar-refractivity contribution in [3.8, 4) is 0 Å². The van der Waals surface area contributed by atoms with Crippen LogP contribution in [0.25, 0.3) is 0 Å². The molecule has 2 heterocycles. The van der Waals surface area contributed by atoms with E-state index >= 15 is 0 Å². The van der Waals surface area contributed by atoms with Crippen molar-refractivity contribution in [3.05, 3.63) is 29.8 Å². The molecule has 9 heteroatoms. The van der Waals surface area contributed by atoms with Crippen LogP contribution in [-0.4, -0.2) is 96.5 Å². The fourth-order valence-electron chi connectivity index (χ4n) is 3.72. The number of thioether (sulfide) groups is 1. The lowest BCUT2D eigenvalue weighted by Crippen LogP contribution is -2.38. The average molecular weight is 463 g/mol. The molecular weight excluding hydrogens is 428 g/mol. The Hall–Kier alpha value is -2.26. The Morgan fingerprint density at radius 1 is 1.03 bits per heavy atom. The van der Waals surface area contributed by atoms with Crippen LogP contribution in [0.2, 0.25) is 0 Å². The van der Waals surface area contributed by atoms with Gasteiger partial charge in [0.15, 0.2) is 0 Å². The van der Waals surface area contributed by atoms with Gasteiger partial charge in [0.1, 0.15) is 0 Å². The van der Waals surface area contributed by atoms with Gasteiger partial charge in [-0.25, -0.2) is 4.79 Å². The molecular formula is C23H34N4O4S. The van der Waals surface area contributed by atoms with Crippen molar-refractivity contribution in [2.45, 2.75) is 20.3 Å². The minimum atomic E-state index is -0.279. The number of amides is 3. The number of rotatable bonds is 6. The Morgan fingerprint density at radius 2 is 1.81 bits per heavy atom. The van der Waals surface area contributed by atoms with Gasteiger partial charge in [0.2, 0.25) is 5.91 Å². The van der Waals surface area contributed by atoms with Crippen molar-refractivity contribution in [2.24, 2.45) is 5.92 Å². The van der Waals surface area contributed by atoms with Gasteiger partial charge in [-0.1, -0.05) is 19.9 Å². The first-order chi connectivity index (χ1) is 15.4. The minimum absolute atomic E-state index is 0.0124. The summed E-state index contributed by atoms with van der Waals surface area (Å²) in [6.45, 7) is 8.74. The number of ether oxygens (including phenoxy) is 1. The zero-order chi connectivity index (χ0) is 22.9. The molecule has 0 aliphatic carbocycles. The topological polar surface area (TPSA) is 82.2 Å². The van der Waals surface area contributed by atoms with Gasteiger partial charge >= 0.3 is 6.09 Å². The summed E-state index contributed by atoms with van der Waals surface area (Å²) in [5.74, 6) is 2.12. The quantitative estimate of drug-likeness (QED) is 0.700. The van der Waals surface area contributed by atoms with E-state index in [1.165, 1.54) is 0 Å². The molecule has 2 aliphatic heterocycles. The molecule has 1 aromatic rings. The van der Waals surface area contributed by atoms with Crippen LogP contribution >= 0.6 is 11.8 Å². The van der Waals surface area contributed by atoms with Crippen molar-refractivity contribution in [3.63, 3.8) is 0 Å². The van der Waals surface area contributed by atoms with E-state index in [0.29, 0.717) is 43.4 Å². The van der Waals surface area contributed by atoms with E-state index in [1.54, 1.807) is 29.2 Å². The normalized spacial score (nSPS) is 17.7. The first kappa shape index (κ1) is 24.4. The molecule has 8 nitrogen and oxygen atoms in total. The third-order valence-corrected chi connectivity index (χ3v) is 6.39. The lowest BCUT2D eigenvalue weighted by atomic mass is 10.1.